The predicted octanol–water partition coefficient (Wildman–Crippen LogP) is 25.0. The fourth-order valence-electron chi connectivity index (χ4n) is 11.2. The van der Waals surface area contributed by atoms with Crippen LogP contribution in [0.15, 0.2) is 24.3 Å². The molecule has 0 N–H and O–H groups in total. The lowest BCUT2D eigenvalue weighted by molar-refractivity contribution is -0.167. The molecule has 80 heavy (non-hydrogen) atoms. The zero-order chi connectivity index (χ0) is 57.8. The number of carbonyl (C=O) groups excluding carboxylic acids is 3. The Balaban J connectivity index is 4.19. The van der Waals surface area contributed by atoms with Crippen LogP contribution in [0.3, 0.4) is 0 Å². The quantitative estimate of drug-likeness (QED) is 0.0261. The zero-order valence-electron chi connectivity index (χ0n) is 54.4. The Morgan fingerprint density at radius 3 is 0.713 bits per heavy atom. The highest BCUT2D eigenvalue weighted by Gasteiger charge is 2.19. The van der Waals surface area contributed by atoms with Crippen LogP contribution in [0.25, 0.3) is 0 Å². The third-order valence-corrected chi connectivity index (χ3v) is 16.7. The van der Waals surface area contributed by atoms with Crippen molar-refractivity contribution in [3.05, 3.63) is 24.3 Å². The van der Waals surface area contributed by atoms with Crippen LogP contribution in [0, 0.1) is 0 Å². The maximum absolute atomic E-state index is 12.9. The summed E-state index contributed by atoms with van der Waals surface area (Å²) in [5, 5.41) is 0. The van der Waals surface area contributed by atoms with E-state index in [9.17, 15) is 14.4 Å². The molecule has 0 aromatic rings. The summed E-state index contributed by atoms with van der Waals surface area (Å²) < 4.78 is 17.0. The van der Waals surface area contributed by atoms with Crippen LogP contribution in [0.1, 0.15) is 412 Å². The van der Waals surface area contributed by atoms with Crippen molar-refractivity contribution in [3.8, 4) is 0 Å². The minimum atomic E-state index is -0.773. The van der Waals surface area contributed by atoms with E-state index in [2.05, 4.69) is 45.1 Å². The molecule has 0 spiro atoms. The number of allylic oxidation sites excluding steroid dienone is 4. The summed E-state index contributed by atoms with van der Waals surface area (Å²) in [6.45, 7) is 6.70. The van der Waals surface area contributed by atoms with Gasteiger partial charge in [0.15, 0.2) is 6.10 Å². The Kier molecular flexibility index (Phi) is 67.6. The van der Waals surface area contributed by atoms with Crippen molar-refractivity contribution in [3.63, 3.8) is 0 Å². The van der Waals surface area contributed by atoms with E-state index < -0.39 is 6.10 Å². The number of carbonyl (C=O) groups is 3. The maximum atomic E-state index is 12.9. The molecule has 472 valence electrons. The predicted molar refractivity (Wildman–Crippen MR) is 349 cm³/mol. The number of hydrogen-bond acceptors (Lipinski definition) is 6. The molecular formula is C74H140O6. The number of hydrogen-bond donors (Lipinski definition) is 0. The van der Waals surface area contributed by atoms with Gasteiger partial charge in [0, 0.05) is 19.3 Å². The van der Waals surface area contributed by atoms with Crippen molar-refractivity contribution in [2.45, 2.75) is 419 Å². The first kappa shape index (κ1) is 77.9. The fourth-order valence-corrected chi connectivity index (χ4v) is 11.2. The molecule has 0 aliphatic carbocycles. The molecule has 0 rings (SSSR count). The summed E-state index contributed by atoms with van der Waals surface area (Å²) in [5.74, 6) is -0.842. The van der Waals surface area contributed by atoms with Gasteiger partial charge in [0.1, 0.15) is 13.2 Å². The molecule has 0 fully saturated rings. The van der Waals surface area contributed by atoms with Gasteiger partial charge in [-0.2, -0.15) is 0 Å². The molecule has 6 nitrogen and oxygen atoms in total. The highest BCUT2D eigenvalue weighted by atomic mass is 16.6. The van der Waals surface area contributed by atoms with Gasteiger partial charge in [0.2, 0.25) is 0 Å². The minimum Gasteiger partial charge on any atom is -0.462 e. The van der Waals surface area contributed by atoms with Crippen LogP contribution in [-0.2, 0) is 28.6 Å². The molecule has 0 aliphatic rings. The van der Waals surface area contributed by atoms with Gasteiger partial charge in [-0.15, -0.1) is 0 Å². The van der Waals surface area contributed by atoms with Crippen LogP contribution < -0.4 is 0 Å². The summed E-state index contributed by atoms with van der Waals surface area (Å²) in [6, 6.07) is 0. The van der Waals surface area contributed by atoms with Crippen molar-refractivity contribution in [1.29, 1.82) is 0 Å². The second-order valence-corrected chi connectivity index (χ2v) is 24.9. The van der Waals surface area contributed by atoms with Crippen LogP contribution in [0.4, 0.5) is 0 Å². The lowest BCUT2D eigenvalue weighted by Crippen LogP contribution is -2.30. The number of esters is 3. The summed E-state index contributed by atoms with van der Waals surface area (Å²) in [4.78, 5) is 38.4. The number of unbranched alkanes of at least 4 members (excludes halogenated alkanes) is 53. The molecule has 1 unspecified atom stereocenters. The molecule has 6 heteroatoms. The van der Waals surface area contributed by atoms with E-state index in [1.807, 2.05) is 0 Å². The second-order valence-electron chi connectivity index (χ2n) is 24.9. The Morgan fingerprint density at radius 1 is 0.250 bits per heavy atom. The molecule has 0 aromatic heterocycles. The highest BCUT2D eigenvalue weighted by Crippen LogP contribution is 2.19. The number of rotatable bonds is 68. The second kappa shape index (κ2) is 69.4. The molecule has 0 aliphatic heterocycles. The normalized spacial score (nSPS) is 12.1. The molecular weight excluding hydrogens is 985 g/mol. The molecule has 0 bridgehead atoms. The molecule has 0 amide bonds. The lowest BCUT2D eigenvalue weighted by atomic mass is 10.0. The molecule has 0 saturated heterocycles. The highest BCUT2D eigenvalue weighted by molar-refractivity contribution is 5.71. The zero-order valence-corrected chi connectivity index (χ0v) is 54.4. The van der Waals surface area contributed by atoms with E-state index in [-0.39, 0.29) is 31.1 Å². The van der Waals surface area contributed by atoms with Crippen LogP contribution in [0.2, 0.25) is 0 Å². The van der Waals surface area contributed by atoms with E-state index in [4.69, 9.17) is 14.2 Å². The van der Waals surface area contributed by atoms with Crippen molar-refractivity contribution < 1.29 is 28.6 Å². The average molecular weight is 1130 g/mol. The topological polar surface area (TPSA) is 78.9 Å². The SMILES string of the molecule is CCCCC/C=C\C/C=C\CCCCCCCCCC(=O)OC(COC(=O)CCCCCCCCCCCCCCCCCC)COC(=O)CCCCCCCCCCCCCCCCCCCCCCCCCCCCCCC. The molecule has 1 atom stereocenters. The van der Waals surface area contributed by atoms with Gasteiger partial charge >= 0.3 is 17.9 Å². The third kappa shape index (κ3) is 66.7. The first-order chi connectivity index (χ1) is 39.5. The Labute approximate surface area is 500 Å². The first-order valence-electron chi connectivity index (χ1n) is 36.3. The Hall–Kier alpha value is -2.11. The summed E-state index contributed by atoms with van der Waals surface area (Å²) in [6.07, 6.45) is 85.0. The smallest absolute Gasteiger partial charge is 0.306 e. The van der Waals surface area contributed by atoms with Gasteiger partial charge < -0.3 is 14.2 Å². The van der Waals surface area contributed by atoms with E-state index in [0.29, 0.717) is 19.3 Å². The average Bonchev–Trinajstić information content (AvgIpc) is 3.46. The minimum absolute atomic E-state index is 0.0681. The van der Waals surface area contributed by atoms with E-state index in [1.165, 1.54) is 302 Å². The lowest BCUT2D eigenvalue weighted by Gasteiger charge is -2.18. The van der Waals surface area contributed by atoms with Gasteiger partial charge in [-0.05, 0) is 51.4 Å². The van der Waals surface area contributed by atoms with E-state index in [1.54, 1.807) is 0 Å². The van der Waals surface area contributed by atoms with Crippen molar-refractivity contribution in [2.75, 3.05) is 13.2 Å². The summed E-state index contributed by atoms with van der Waals surface area (Å²) in [5.41, 5.74) is 0. The van der Waals surface area contributed by atoms with Gasteiger partial charge in [-0.3, -0.25) is 14.4 Å². The molecule has 0 saturated carbocycles. The molecule has 0 radical (unpaired) electrons. The maximum Gasteiger partial charge on any atom is 0.306 e. The van der Waals surface area contributed by atoms with Crippen molar-refractivity contribution in [1.82, 2.24) is 0 Å². The van der Waals surface area contributed by atoms with Gasteiger partial charge in [-0.1, -0.05) is 366 Å². The van der Waals surface area contributed by atoms with Crippen molar-refractivity contribution >= 4 is 17.9 Å². The summed E-state index contributed by atoms with van der Waals surface area (Å²) >= 11 is 0. The van der Waals surface area contributed by atoms with Crippen molar-refractivity contribution in [2.24, 2.45) is 0 Å². The number of ether oxygens (including phenoxy) is 3. The van der Waals surface area contributed by atoms with Crippen LogP contribution >= 0.6 is 0 Å². The Bertz CT molecular complexity index is 1290. The van der Waals surface area contributed by atoms with Crippen LogP contribution in [-0.4, -0.2) is 37.2 Å². The van der Waals surface area contributed by atoms with Gasteiger partial charge in [0.05, 0.1) is 0 Å². The van der Waals surface area contributed by atoms with E-state index in [0.717, 1.165) is 70.6 Å². The Morgan fingerprint density at radius 2 is 0.450 bits per heavy atom. The fraction of sp³-hybridized carbons (Fsp3) is 0.905. The van der Waals surface area contributed by atoms with Gasteiger partial charge in [0.25, 0.3) is 0 Å². The molecule has 0 heterocycles. The molecule has 0 aromatic carbocycles. The monoisotopic (exact) mass is 1130 g/mol. The standard InChI is InChI=1S/C74H140O6/c1-4-7-10-13-16-19-22-25-28-31-32-33-34-35-36-37-38-39-40-41-42-44-46-49-52-55-58-61-64-67-73(76)79-70-71(69-78-72(75)66-63-60-57-54-51-48-45-30-27-24-21-18-15-12-9-6-3)80-74(77)68-65-62-59-56-53-50-47-43-29-26-23-20-17-14-11-8-5-2/h17,20,26,29,71H,4-16,18-19,21-25,27-28,30-70H2,1-3H3/b20-17-,29-26-. The largest absolute Gasteiger partial charge is 0.462 e. The first-order valence-corrected chi connectivity index (χ1v) is 36.3. The van der Waals surface area contributed by atoms with Crippen LogP contribution in [0.5, 0.6) is 0 Å². The summed E-state index contributed by atoms with van der Waals surface area (Å²) in [7, 11) is 0. The van der Waals surface area contributed by atoms with Gasteiger partial charge in [-0.25, -0.2) is 0 Å². The third-order valence-electron chi connectivity index (χ3n) is 16.7. The van der Waals surface area contributed by atoms with E-state index >= 15 is 0 Å².